The van der Waals surface area contributed by atoms with Crippen LogP contribution in [0.1, 0.15) is 13.8 Å². The van der Waals surface area contributed by atoms with Crippen LogP contribution in [0.15, 0.2) is 42.6 Å². The lowest BCUT2D eigenvalue weighted by Crippen LogP contribution is -2.36. The molecule has 1 nitrogen and oxygen atoms in total. The van der Waals surface area contributed by atoms with Gasteiger partial charge in [-0.05, 0) is 12.1 Å². The van der Waals surface area contributed by atoms with Crippen LogP contribution in [0.4, 0.5) is 0 Å². The number of aromatic nitrogens is 1. The van der Waals surface area contributed by atoms with Gasteiger partial charge in [-0.1, -0.05) is 26.0 Å². The molecule has 1 heteroatoms. The maximum Gasteiger partial charge on any atom is 0.212 e. The van der Waals surface area contributed by atoms with E-state index in [1.165, 1.54) is 10.9 Å². The molecular weight excluding hydrogens is 170 g/mol. The minimum absolute atomic E-state index is 0.686. The van der Waals surface area contributed by atoms with Gasteiger partial charge in [0.25, 0.3) is 0 Å². The fraction of sp³-hybridized carbons (Fsp3) is 0.308. The second-order valence-corrected chi connectivity index (χ2v) is 4.11. The van der Waals surface area contributed by atoms with Crippen LogP contribution in [0.5, 0.6) is 0 Å². The molecule has 0 atom stereocenters. The van der Waals surface area contributed by atoms with Gasteiger partial charge in [-0.15, -0.1) is 0 Å². The lowest BCUT2D eigenvalue weighted by Gasteiger charge is -2.02. The third-order valence-electron chi connectivity index (χ3n) is 2.35. The molecule has 2 aromatic rings. The fourth-order valence-electron chi connectivity index (χ4n) is 1.77. The Balaban J connectivity index is 2.53. The van der Waals surface area contributed by atoms with Crippen LogP contribution in [0, 0.1) is 5.92 Å². The lowest BCUT2D eigenvalue weighted by molar-refractivity contribution is -0.677. The van der Waals surface area contributed by atoms with E-state index in [-0.39, 0.29) is 0 Å². The standard InChI is InChI=1S/C13H16N/c1-11(2)10-14-9-5-7-12-6-3-4-8-13(12)14/h3-9,11H,10H2,1-2H3/q+1. The van der Waals surface area contributed by atoms with Gasteiger partial charge >= 0.3 is 0 Å². The summed E-state index contributed by atoms with van der Waals surface area (Å²) >= 11 is 0. The van der Waals surface area contributed by atoms with Gasteiger partial charge in [-0.3, -0.25) is 0 Å². The highest BCUT2D eigenvalue weighted by molar-refractivity contribution is 5.74. The second kappa shape index (κ2) is 3.79. The Kier molecular flexibility index (Phi) is 2.49. The van der Waals surface area contributed by atoms with E-state index in [1.807, 2.05) is 0 Å². The van der Waals surface area contributed by atoms with Crippen LogP contribution in [-0.2, 0) is 6.54 Å². The number of fused-ring (bicyclic) bond motifs is 1. The highest BCUT2D eigenvalue weighted by atomic mass is 14.9. The van der Waals surface area contributed by atoms with Gasteiger partial charge in [0.15, 0.2) is 12.7 Å². The Labute approximate surface area is 85.0 Å². The van der Waals surface area contributed by atoms with Crippen molar-refractivity contribution in [1.29, 1.82) is 0 Å². The second-order valence-electron chi connectivity index (χ2n) is 4.11. The average Bonchev–Trinajstić information content (AvgIpc) is 2.18. The molecule has 1 aromatic carbocycles. The SMILES string of the molecule is CC(C)C[n+]1cccc2ccccc21. The molecule has 0 bridgehead atoms. The number of benzene rings is 1. The molecule has 0 saturated carbocycles. The first-order valence-electron chi connectivity index (χ1n) is 5.14. The number of pyridine rings is 1. The van der Waals surface area contributed by atoms with Gasteiger partial charge < -0.3 is 0 Å². The largest absolute Gasteiger partial charge is 0.212 e. The third kappa shape index (κ3) is 1.77. The first kappa shape index (κ1) is 9.20. The summed E-state index contributed by atoms with van der Waals surface area (Å²) in [7, 11) is 0. The normalized spacial score (nSPS) is 11.1. The highest BCUT2D eigenvalue weighted by Crippen LogP contribution is 2.08. The van der Waals surface area contributed by atoms with Crippen LogP contribution in [-0.4, -0.2) is 0 Å². The number of nitrogens with zero attached hydrogens (tertiary/aromatic N) is 1. The van der Waals surface area contributed by atoms with Crippen molar-refractivity contribution >= 4 is 10.9 Å². The van der Waals surface area contributed by atoms with Crippen LogP contribution in [0.3, 0.4) is 0 Å². The monoisotopic (exact) mass is 186 g/mol. The summed E-state index contributed by atoms with van der Waals surface area (Å²) in [5.41, 5.74) is 1.32. The maximum absolute atomic E-state index is 2.32. The zero-order valence-corrected chi connectivity index (χ0v) is 8.77. The average molecular weight is 186 g/mol. The van der Waals surface area contributed by atoms with Crippen LogP contribution in [0.25, 0.3) is 10.9 Å². The van der Waals surface area contributed by atoms with Crippen LogP contribution >= 0.6 is 0 Å². The Bertz CT molecular complexity index is 427. The van der Waals surface area contributed by atoms with Crippen molar-refractivity contribution in [2.24, 2.45) is 5.92 Å². The lowest BCUT2D eigenvalue weighted by atomic mass is 10.2. The molecule has 72 valence electrons. The molecular formula is C13H16N+. The summed E-state index contributed by atoms with van der Waals surface area (Å²) in [4.78, 5) is 0. The van der Waals surface area contributed by atoms with Gasteiger partial charge in [0.05, 0.1) is 0 Å². The van der Waals surface area contributed by atoms with Gasteiger partial charge in [0.1, 0.15) is 0 Å². The third-order valence-corrected chi connectivity index (χ3v) is 2.35. The quantitative estimate of drug-likeness (QED) is 0.635. The summed E-state index contributed by atoms with van der Waals surface area (Å²) in [6.45, 7) is 5.57. The van der Waals surface area contributed by atoms with E-state index >= 15 is 0 Å². The maximum atomic E-state index is 2.32. The number of para-hydroxylation sites is 1. The number of hydrogen-bond donors (Lipinski definition) is 0. The van der Waals surface area contributed by atoms with Crippen LogP contribution < -0.4 is 4.57 Å². The number of rotatable bonds is 2. The first-order chi connectivity index (χ1) is 6.77. The summed E-state index contributed by atoms with van der Waals surface area (Å²) in [6, 6.07) is 12.8. The van der Waals surface area contributed by atoms with Gasteiger partial charge in [-0.2, -0.15) is 4.57 Å². The van der Waals surface area contributed by atoms with Crippen molar-refractivity contribution in [3.8, 4) is 0 Å². The summed E-state index contributed by atoms with van der Waals surface area (Å²) in [5.74, 6) is 0.686. The molecule has 0 N–H and O–H groups in total. The highest BCUT2D eigenvalue weighted by Gasteiger charge is 2.08. The Morgan fingerprint density at radius 3 is 2.57 bits per heavy atom. The van der Waals surface area contributed by atoms with Crippen molar-refractivity contribution in [1.82, 2.24) is 0 Å². The Morgan fingerprint density at radius 1 is 1.07 bits per heavy atom. The van der Waals surface area contributed by atoms with Gasteiger partial charge in [-0.25, -0.2) is 0 Å². The Hall–Kier alpha value is -1.37. The molecule has 0 unspecified atom stereocenters. The van der Waals surface area contributed by atoms with Crippen molar-refractivity contribution < 1.29 is 4.57 Å². The smallest absolute Gasteiger partial charge is 0.198 e. The molecule has 1 aromatic heterocycles. The van der Waals surface area contributed by atoms with Crippen molar-refractivity contribution in [3.05, 3.63) is 42.6 Å². The van der Waals surface area contributed by atoms with E-state index in [9.17, 15) is 0 Å². The molecule has 0 saturated heterocycles. The van der Waals surface area contributed by atoms with Crippen molar-refractivity contribution in [3.63, 3.8) is 0 Å². The number of hydrogen-bond acceptors (Lipinski definition) is 0. The zero-order valence-electron chi connectivity index (χ0n) is 8.77. The van der Waals surface area contributed by atoms with Gasteiger partial charge in [0.2, 0.25) is 5.52 Å². The molecule has 0 aliphatic carbocycles. The van der Waals surface area contributed by atoms with E-state index in [2.05, 4.69) is 61.0 Å². The summed E-state index contributed by atoms with van der Waals surface area (Å²) in [5, 5.41) is 1.32. The zero-order chi connectivity index (χ0) is 9.97. The van der Waals surface area contributed by atoms with Crippen LogP contribution in [0.2, 0.25) is 0 Å². The molecule has 14 heavy (non-hydrogen) atoms. The molecule has 0 aliphatic heterocycles. The predicted octanol–water partition coefficient (Wildman–Crippen LogP) is 2.78. The van der Waals surface area contributed by atoms with E-state index < -0.39 is 0 Å². The minimum atomic E-state index is 0.686. The minimum Gasteiger partial charge on any atom is -0.198 e. The van der Waals surface area contributed by atoms with E-state index in [4.69, 9.17) is 0 Å². The molecule has 0 spiro atoms. The summed E-state index contributed by atoms with van der Waals surface area (Å²) < 4.78 is 2.32. The van der Waals surface area contributed by atoms with Crippen molar-refractivity contribution in [2.75, 3.05) is 0 Å². The van der Waals surface area contributed by atoms with Crippen molar-refractivity contribution in [2.45, 2.75) is 20.4 Å². The molecule has 0 aliphatic rings. The molecule has 1 heterocycles. The first-order valence-corrected chi connectivity index (χ1v) is 5.14. The van der Waals surface area contributed by atoms with E-state index in [0.717, 1.165) is 6.54 Å². The van der Waals surface area contributed by atoms with E-state index in [0.29, 0.717) is 5.92 Å². The molecule has 2 rings (SSSR count). The fourth-order valence-corrected chi connectivity index (χ4v) is 1.77. The van der Waals surface area contributed by atoms with Gasteiger partial charge in [0, 0.05) is 23.4 Å². The topological polar surface area (TPSA) is 3.88 Å². The summed E-state index contributed by atoms with van der Waals surface area (Å²) in [6.07, 6.45) is 2.16. The van der Waals surface area contributed by atoms with E-state index in [1.54, 1.807) is 0 Å². The molecule has 0 fully saturated rings. The predicted molar refractivity (Wildman–Crippen MR) is 59.0 cm³/mol. The molecule has 0 amide bonds. The Morgan fingerprint density at radius 2 is 1.79 bits per heavy atom. The molecule has 0 radical (unpaired) electrons.